The summed E-state index contributed by atoms with van der Waals surface area (Å²) in [6, 6.07) is 6.83. The van der Waals surface area contributed by atoms with E-state index in [1.165, 1.54) is 30.7 Å². The molecule has 2 atom stereocenters. The third-order valence-electron chi connectivity index (χ3n) is 5.88. The normalized spacial score (nSPS) is 24.6. The fourth-order valence-corrected chi connectivity index (χ4v) is 5.28. The lowest BCUT2D eigenvalue weighted by molar-refractivity contribution is 0.0704. The number of carbonyl (C=O) groups is 1. The second-order valence-corrected chi connectivity index (χ2v) is 9.25. The molecule has 0 N–H and O–H groups in total. The first-order valence-electron chi connectivity index (χ1n) is 10.4. The summed E-state index contributed by atoms with van der Waals surface area (Å²) in [5, 5.41) is 9.08. The quantitative estimate of drug-likeness (QED) is 0.707. The van der Waals surface area contributed by atoms with Gasteiger partial charge in [0.05, 0.1) is 10.5 Å². The van der Waals surface area contributed by atoms with E-state index in [-0.39, 0.29) is 22.8 Å². The van der Waals surface area contributed by atoms with Crippen molar-refractivity contribution in [1.82, 2.24) is 9.80 Å². The maximum Gasteiger partial charge on any atom is 0.257 e. The van der Waals surface area contributed by atoms with E-state index in [9.17, 15) is 9.18 Å². The zero-order valence-electron chi connectivity index (χ0n) is 16.5. The van der Waals surface area contributed by atoms with Crippen LogP contribution in [-0.4, -0.2) is 59.8 Å². The highest BCUT2D eigenvalue weighted by molar-refractivity contribution is 8.04. The highest BCUT2D eigenvalue weighted by Gasteiger charge is 2.32. The summed E-state index contributed by atoms with van der Waals surface area (Å²) in [5.74, 6) is -0.334. The number of amides is 1. The number of nitrogens with zero attached hydrogens (tertiary/aromatic N) is 3. The van der Waals surface area contributed by atoms with Crippen LogP contribution in [0.25, 0.3) is 0 Å². The lowest BCUT2D eigenvalue weighted by Gasteiger charge is -2.28. The number of hydrogen-bond donors (Lipinski definition) is 0. The molecule has 2 fully saturated rings. The molecule has 4 rings (SSSR count). The topological polar surface area (TPSA) is 56.6 Å². The molecule has 3 aliphatic heterocycles. The van der Waals surface area contributed by atoms with Crippen molar-refractivity contribution in [2.75, 3.05) is 32.8 Å². The minimum absolute atomic E-state index is 0.120. The van der Waals surface area contributed by atoms with Crippen molar-refractivity contribution >= 4 is 17.7 Å². The third kappa shape index (κ3) is 4.76. The highest BCUT2D eigenvalue weighted by Crippen LogP contribution is 2.32. The van der Waals surface area contributed by atoms with E-state index in [1.807, 2.05) is 11.0 Å². The zero-order valence-corrected chi connectivity index (χ0v) is 17.3. The van der Waals surface area contributed by atoms with Crippen molar-refractivity contribution in [1.29, 1.82) is 5.26 Å². The third-order valence-corrected chi connectivity index (χ3v) is 7.06. The summed E-state index contributed by atoms with van der Waals surface area (Å²) in [7, 11) is 0. The fraction of sp³-hybridized carbons (Fsp3) is 0.545. The molecule has 154 valence electrons. The molecule has 7 heteroatoms. The predicted octanol–water partition coefficient (Wildman–Crippen LogP) is 3.82. The van der Waals surface area contributed by atoms with E-state index < -0.39 is 5.82 Å². The van der Waals surface area contributed by atoms with E-state index in [0.29, 0.717) is 23.8 Å². The van der Waals surface area contributed by atoms with Crippen molar-refractivity contribution in [2.45, 2.75) is 43.4 Å². The van der Waals surface area contributed by atoms with Crippen LogP contribution in [-0.2, 0) is 0 Å². The van der Waals surface area contributed by atoms with Gasteiger partial charge in [0.25, 0.3) is 5.91 Å². The van der Waals surface area contributed by atoms with Gasteiger partial charge in [-0.05, 0) is 57.3 Å². The number of carbonyl (C=O) groups excluding carboxylic acids is 1. The fourth-order valence-electron chi connectivity index (χ4n) is 4.35. The second-order valence-electron chi connectivity index (χ2n) is 7.91. The molecule has 1 aromatic rings. The summed E-state index contributed by atoms with van der Waals surface area (Å²) in [6.45, 7) is 4.20. The molecule has 0 aliphatic carbocycles. The molecule has 0 radical (unpaired) electrons. The van der Waals surface area contributed by atoms with Crippen LogP contribution in [0.15, 0.2) is 29.2 Å². The van der Waals surface area contributed by atoms with Gasteiger partial charge in [-0.25, -0.2) is 4.39 Å². The molecule has 2 saturated heterocycles. The summed E-state index contributed by atoms with van der Waals surface area (Å²) < 4.78 is 20.4. The van der Waals surface area contributed by atoms with Gasteiger partial charge in [-0.15, -0.1) is 11.8 Å². The second kappa shape index (κ2) is 9.19. The number of allylic oxidation sites excluding steroid dienone is 2. The Morgan fingerprint density at radius 1 is 1.28 bits per heavy atom. The Hall–Kier alpha value is -2.04. The van der Waals surface area contributed by atoms with Crippen LogP contribution in [0.1, 0.15) is 42.5 Å². The first-order valence-corrected chi connectivity index (χ1v) is 11.2. The smallest absolute Gasteiger partial charge is 0.257 e. The van der Waals surface area contributed by atoms with Gasteiger partial charge in [-0.2, -0.15) is 5.26 Å². The number of thioether (sulfide) groups is 1. The molecule has 3 heterocycles. The first-order chi connectivity index (χ1) is 14.1. The molecule has 1 amide bonds. The molecule has 1 aromatic carbocycles. The van der Waals surface area contributed by atoms with Gasteiger partial charge in [0, 0.05) is 30.4 Å². The first kappa shape index (κ1) is 20.2. The van der Waals surface area contributed by atoms with E-state index in [2.05, 4.69) is 11.0 Å². The van der Waals surface area contributed by atoms with Gasteiger partial charge < -0.3 is 14.5 Å². The minimum atomic E-state index is -0.533. The Morgan fingerprint density at radius 3 is 2.83 bits per heavy atom. The molecule has 0 saturated carbocycles. The van der Waals surface area contributed by atoms with Gasteiger partial charge in [-0.1, -0.05) is 6.08 Å². The monoisotopic (exact) mass is 415 g/mol. The van der Waals surface area contributed by atoms with Crippen molar-refractivity contribution in [3.05, 3.63) is 40.6 Å². The molecule has 3 aliphatic rings. The van der Waals surface area contributed by atoms with Crippen molar-refractivity contribution in [2.24, 2.45) is 0 Å². The highest BCUT2D eigenvalue weighted by atomic mass is 32.2. The van der Waals surface area contributed by atoms with Gasteiger partial charge in [0.15, 0.2) is 0 Å². The zero-order chi connectivity index (χ0) is 20.2. The summed E-state index contributed by atoms with van der Waals surface area (Å²) >= 11 is 1.49. The molecular weight excluding hydrogens is 389 g/mol. The molecule has 0 bridgehead atoms. The number of ether oxygens (including phenoxy) is 1. The van der Waals surface area contributed by atoms with Gasteiger partial charge in [0.2, 0.25) is 0 Å². The van der Waals surface area contributed by atoms with Crippen LogP contribution in [0.4, 0.5) is 4.39 Å². The molecular formula is C22H26FN3O2S. The predicted molar refractivity (Wildman–Crippen MR) is 111 cm³/mol. The molecule has 5 nitrogen and oxygen atoms in total. The van der Waals surface area contributed by atoms with Crippen molar-refractivity contribution < 1.29 is 13.9 Å². The maximum absolute atomic E-state index is 14.7. The Balaban J connectivity index is 1.35. The Kier molecular flexibility index (Phi) is 6.41. The number of benzene rings is 1. The van der Waals surface area contributed by atoms with Crippen molar-refractivity contribution in [3.8, 4) is 11.8 Å². The van der Waals surface area contributed by atoms with E-state index in [0.717, 1.165) is 38.9 Å². The molecule has 2 unspecified atom stereocenters. The van der Waals surface area contributed by atoms with Gasteiger partial charge in [-0.3, -0.25) is 4.79 Å². The Bertz CT molecular complexity index is 832. The number of likely N-dealkylation sites (tertiary alicyclic amines) is 2. The lowest BCUT2D eigenvalue weighted by atomic mass is 10.1. The maximum atomic E-state index is 14.7. The molecule has 29 heavy (non-hydrogen) atoms. The summed E-state index contributed by atoms with van der Waals surface area (Å²) in [4.78, 5) is 18.0. The standard InChI is InChI=1S/C22H26FN3O2S/c23-21-12-17(28-15-19-7-6-18(13-24)29-19)5-8-20(21)22(27)26-11-3-4-16(26)14-25-9-1-2-10-25/h5-6,8,12,16,19H,1-4,7,9-11,14-15H2. The average Bonchev–Trinajstić information content (AvgIpc) is 3.48. The van der Waals surface area contributed by atoms with Crippen LogP contribution >= 0.6 is 11.8 Å². The van der Waals surface area contributed by atoms with E-state index in [1.54, 1.807) is 12.1 Å². The van der Waals surface area contributed by atoms with Crippen LogP contribution in [0, 0.1) is 17.1 Å². The van der Waals surface area contributed by atoms with Gasteiger partial charge in [0.1, 0.15) is 24.2 Å². The SMILES string of the molecule is N#CC1=CCC(COc2ccc(C(=O)N3CCCC3CN3CCCC3)c(F)c2)S1. The Morgan fingerprint density at radius 2 is 2.10 bits per heavy atom. The number of hydrogen-bond acceptors (Lipinski definition) is 5. The minimum Gasteiger partial charge on any atom is -0.492 e. The van der Waals surface area contributed by atoms with Crippen LogP contribution in [0.2, 0.25) is 0 Å². The van der Waals surface area contributed by atoms with Gasteiger partial charge >= 0.3 is 0 Å². The van der Waals surface area contributed by atoms with Crippen LogP contribution in [0.3, 0.4) is 0 Å². The number of rotatable bonds is 6. The molecule has 0 aromatic heterocycles. The number of halogens is 1. The average molecular weight is 416 g/mol. The number of nitriles is 1. The van der Waals surface area contributed by atoms with Crippen LogP contribution < -0.4 is 4.74 Å². The summed E-state index contributed by atoms with van der Waals surface area (Å²) in [5.41, 5.74) is 0.120. The van der Waals surface area contributed by atoms with E-state index in [4.69, 9.17) is 10.00 Å². The molecule has 0 spiro atoms. The van der Waals surface area contributed by atoms with Crippen LogP contribution in [0.5, 0.6) is 5.75 Å². The van der Waals surface area contributed by atoms with E-state index >= 15 is 0 Å². The van der Waals surface area contributed by atoms with Crippen molar-refractivity contribution in [3.63, 3.8) is 0 Å². The summed E-state index contributed by atoms with van der Waals surface area (Å²) in [6.07, 6.45) is 7.09. The largest absolute Gasteiger partial charge is 0.492 e. The Labute approximate surface area is 175 Å². The lowest BCUT2D eigenvalue weighted by Crippen LogP contribution is -2.42.